The van der Waals surface area contributed by atoms with E-state index < -0.39 is 0 Å². The van der Waals surface area contributed by atoms with Gasteiger partial charge in [0.2, 0.25) is 5.91 Å². The van der Waals surface area contributed by atoms with Crippen LogP contribution in [-0.4, -0.2) is 24.3 Å². The number of nitrogens with one attached hydrogen (secondary N) is 1. The molecule has 0 bridgehead atoms. The molecule has 2 aromatic carbocycles. The highest BCUT2D eigenvalue weighted by Gasteiger charge is 2.08. The van der Waals surface area contributed by atoms with Crippen LogP contribution in [0.15, 0.2) is 39.9 Å². The Kier molecular flexibility index (Phi) is 5.98. The fourth-order valence-corrected chi connectivity index (χ4v) is 2.70. The lowest BCUT2D eigenvalue weighted by molar-refractivity contribution is -0.120. The molecule has 2 aromatic rings. The molecule has 2 N–H and O–H groups in total. The van der Waals surface area contributed by atoms with Crippen LogP contribution in [0.5, 0.6) is 11.5 Å². The predicted octanol–water partition coefficient (Wildman–Crippen LogP) is 3.47. The number of halogens is 1. The highest BCUT2D eigenvalue weighted by molar-refractivity contribution is 9.10. The summed E-state index contributed by atoms with van der Waals surface area (Å²) < 4.78 is 5.62. The summed E-state index contributed by atoms with van der Waals surface area (Å²) in [6.07, 6.45) is 1.62. The third-order valence-electron chi connectivity index (χ3n) is 3.54. The number of aromatic hydroxyl groups is 1. The molecule has 0 aliphatic heterocycles. The molecule has 24 heavy (non-hydrogen) atoms. The van der Waals surface area contributed by atoms with Crippen LogP contribution in [0.3, 0.4) is 0 Å². The average molecular weight is 391 g/mol. The standard InChI is InChI=1S/C18H19BrN2O3/c1-11-4-5-13(12(2)6-11)8-17(22)21-20-10-14-7-15(24-3)9-16(19)18(14)23/h4-7,9-10,23H,8H2,1-3H3,(H,21,22)/b20-10+. The highest BCUT2D eigenvalue weighted by Crippen LogP contribution is 2.31. The second-order valence-electron chi connectivity index (χ2n) is 5.45. The van der Waals surface area contributed by atoms with Gasteiger partial charge in [-0.15, -0.1) is 0 Å². The third-order valence-corrected chi connectivity index (χ3v) is 4.15. The number of hydrazone groups is 1. The number of carbonyl (C=O) groups is 1. The lowest BCUT2D eigenvalue weighted by Crippen LogP contribution is -2.20. The highest BCUT2D eigenvalue weighted by atomic mass is 79.9. The van der Waals surface area contributed by atoms with Gasteiger partial charge >= 0.3 is 0 Å². The van der Waals surface area contributed by atoms with Crippen molar-refractivity contribution in [2.75, 3.05) is 7.11 Å². The quantitative estimate of drug-likeness (QED) is 0.606. The van der Waals surface area contributed by atoms with Gasteiger partial charge in [0.25, 0.3) is 0 Å². The Morgan fingerprint density at radius 1 is 1.33 bits per heavy atom. The first-order valence-electron chi connectivity index (χ1n) is 7.35. The van der Waals surface area contributed by atoms with Gasteiger partial charge in [0.05, 0.1) is 24.2 Å². The summed E-state index contributed by atoms with van der Waals surface area (Å²) >= 11 is 3.24. The molecule has 2 rings (SSSR count). The van der Waals surface area contributed by atoms with Crippen LogP contribution in [-0.2, 0) is 11.2 Å². The molecule has 0 fully saturated rings. The molecule has 6 heteroatoms. The lowest BCUT2D eigenvalue weighted by atomic mass is 10.0. The van der Waals surface area contributed by atoms with Gasteiger partial charge in [-0.2, -0.15) is 5.10 Å². The summed E-state index contributed by atoms with van der Waals surface area (Å²) in [5.41, 5.74) is 6.10. The van der Waals surface area contributed by atoms with E-state index in [0.717, 1.165) is 16.7 Å². The van der Waals surface area contributed by atoms with Crippen LogP contribution in [0.4, 0.5) is 0 Å². The number of methoxy groups -OCH3 is 1. The van der Waals surface area contributed by atoms with E-state index in [2.05, 4.69) is 26.5 Å². The number of hydrogen-bond acceptors (Lipinski definition) is 4. The fraction of sp³-hybridized carbons (Fsp3) is 0.222. The summed E-state index contributed by atoms with van der Waals surface area (Å²) in [7, 11) is 1.53. The smallest absolute Gasteiger partial charge is 0.244 e. The van der Waals surface area contributed by atoms with Crippen LogP contribution in [0.1, 0.15) is 22.3 Å². The first-order valence-corrected chi connectivity index (χ1v) is 8.14. The molecular weight excluding hydrogens is 372 g/mol. The molecule has 0 radical (unpaired) electrons. The van der Waals surface area contributed by atoms with Gasteiger partial charge in [0, 0.05) is 5.56 Å². The Bertz CT molecular complexity index is 788. The van der Waals surface area contributed by atoms with Crippen molar-refractivity contribution < 1.29 is 14.6 Å². The number of phenols is 1. The zero-order chi connectivity index (χ0) is 17.7. The molecule has 0 saturated carbocycles. The van der Waals surface area contributed by atoms with Crippen LogP contribution in [0.2, 0.25) is 0 Å². The molecule has 0 atom stereocenters. The first-order chi connectivity index (χ1) is 11.4. The van der Waals surface area contributed by atoms with E-state index in [1.807, 2.05) is 32.0 Å². The van der Waals surface area contributed by atoms with Crippen LogP contribution < -0.4 is 10.2 Å². The minimum Gasteiger partial charge on any atom is -0.506 e. The number of aryl methyl sites for hydroxylation is 2. The molecule has 0 heterocycles. The number of nitrogens with zero attached hydrogens (tertiary/aromatic N) is 1. The number of carbonyl (C=O) groups excluding carboxylic acids is 1. The van der Waals surface area contributed by atoms with E-state index >= 15 is 0 Å². The van der Waals surface area contributed by atoms with Crippen molar-refractivity contribution in [2.45, 2.75) is 20.3 Å². The molecule has 0 unspecified atom stereocenters. The minimum atomic E-state index is -0.223. The van der Waals surface area contributed by atoms with Gasteiger partial charge < -0.3 is 9.84 Å². The molecular formula is C18H19BrN2O3. The van der Waals surface area contributed by atoms with Crippen molar-refractivity contribution in [2.24, 2.45) is 5.10 Å². The molecule has 0 saturated heterocycles. The van der Waals surface area contributed by atoms with Crippen molar-refractivity contribution in [1.29, 1.82) is 0 Å². The van der Waals surface area contributed by atoms with Crippen LogP contribution in [0, 0.1) is 13.8 Å². The van der Waals surface area contributed by atoms with Gasteiger partial charge in [-0.3, -0.25) is 4.79 Å². The number of amides is 1. The van der Waals surface area contributed by atoms with E-state index in [-0.39, 0.29) is 18.1 Å². The van der Waals surface area contributed by atoms with E-state index in [1.165, 1.54) is 13.3 Å². The maximum Gasteiger partial charge on any atom is 0.244 e. The first kappa shape index (κ1) is 18.0. The molecule has 0 spiro atoms. The Morgan fingerprint density at radius 2 is 2.08 bits per heavy atom. The number of benzene rings is 2. The normalized spacial score (nSPS) is 10.8. The fourth-order valence-electron chi connectivity index (χ4n) is 2.24. The maximum atomic E-state index is 12.0. The number of ether oxygens (including phenoxy) is 1. The average Bonchev–Trinajstić information content (AvgIpc) is 2.54. The van der Waals surface area contributed by atoms with E-state index in [9.17, 15) is 9.90 Å². The Labute approximate surface area is 149 Å². The van der Waals surface area contributed by atoms with Crippen LogP contribution in [0.25, 0.3) is 0 Å². The molecule has 1 amide bonds. The van der Waals surface area contributed by atoms with Crippen molar-refractivity contribution in [3.63, 3.8) is 0 Å². The molecule has 126 valence electrons. The minimum absolute atomic E-state index is 0.0307. The number of rotatable bonds is 5. The van der Waals surface area contributed by atoms with Gasteiger partial charge in [-0.05, 0) is 53.0 Å². The lowest BCUT2D eigenvalue weighted by Gasteiger charge is -2.07. The Hall–Kier alpha value is -2.34. The van der Waals surface area contributed by atoms with E-state index in [1.54, 1.807) is 12.1 Å². The van der Waals surface area contributed by atoms with Crippen LogP contribution >= 0.6 is 15.9 Å². The molecule has 5 nitrogen and oxygen atoms in total. The molecule has 0 aliphatic rings. The summed E-state index contributed by atoms with van der Waals surface area (Å²) in [6, 6.07) is 9.23. The predicted molar refractivity (Wildman–Crippen MR) is 97.7 cm³/mol. The summed E-state index contributed by atoms with van der Waals surface area (Å²) in [4.78, 5) is 12.0. The maximum absolute atomic E-state index is 12.0. The van der Waals surface area contributed by atoms with Crippen molar-refractivity contribution in [3.8, 4) is 11.5 Å². The van der Waals surface area contributed by atoms with Crippen molar-refractivity contribution in [1.82, 2.24) is 5.43 Å². The van der Waals surface area contributed by atoms with E-state index in [0.29, 0.717) is 15.8 Å². The van der Waals surface area contributed by atoms with Gasteiger partial charge in [-0.1, -0.05) is 23.8 Å². The monoisotopic (exact) mass is 390 g/mol. The Morgan fingerprint density at radius 3 is 2.75 bits per heavy atom. The molecule has 0 aromatic heterocycles. The summed E-state index contributed by atoms with van der Waals surface area (Å²) in [6.45, 7) is 3.99. The van der Waals surface area contributed by atoms with Crippen molar-refractivity contribution >= 4 is 28.1 Å². The SMILES string of the molecule is COc1cc(Br)c(O)c(/C=N/NC(=O)Cc2ccc(C)cc2C)c1. The topological polar surface area (TPSA) is 70.9 Å². The summed E-state index contributed by atoms with van der Waals surface area (Å²) in [5.74, 6) is 0.380. The van der Waals surface area contributed by atoms with Gasteiger partial charge in [-0.25, -0.2) is 5.43 Å². The number of phenolic OH excluding ortho intramolecular Hbond substituents is 1. The van der Waals surface area contributed by atoms with E-state index in [4.69, 9.17) is 4.74 Å². The zero-order valence-corrected chi connectivity index (χ0v) is 15.3. The second kappa shape index (κ2) is 7.97. The molecule has 0 aliphatic carbocycles. The van der Waals surface area contributed by atoms with Gasteiger partial charge in [0.15, 0.2) is 0 Å². The number of hydrogen-bond donors (Lipinski definition) is 2. The third kappa shape index (κ3) is 4.58. The summed E-state index contributed by atoms with van der Waals surface area (Å²) in [5, 5.41) is 13.9. The largest absolute Gasteiger partial charge is 0.506 e. The Balaban J connectivity index is 2.03. The van der Waals surface area contributed by atoms with Gasteiger partial charge in [0.1, 0.15) is 11.5 Å². The second-order valence-corrected chi connectivity index (χ2v) is 6.30. The van der Waals surface area contributed by atoms with Crippen molar-refractivity contribution in [3.05, 3.63) is 57.1 Å². The zero-order valence-electron chi connectivity index (χ0n) is 13.8.